The molecule has 2 nitrogen and oxygen atoms in total. The Hall–Kier alpha value is -6.42. The van der Waals surface area contributed by atoms with E-state index in [1.54, 1.807) is 0 Å². The molecule has 0 saturated heterocycles. The second-order valence-corrected chi connectivity index (χ2v) is 14.4. The Morgan fingerprint density at radius 3 is 1.69 bits per heavy atom. The Kier molecular flexibility index (Phi) is 6.16. The molecule has 0 aliphatic rings. The first-order valence-corrected chi connectivity index (χ1v) is 18.3. The minimum atomic E-state index is 1.16. The number of para-hydroxylation sites is 3. The number of hydrogen-bond acceptors (Lipinski definition) is 1. The third kappa shape index (κ3) is 4.22. The quantitative estimate of drug-likeness (QED) is 0.177. The molecule has 8 aromatic carbocycles. The van der Waals surface area contributed by atoms with Gasteiger partial charge in [-0.05, 0) is 82.9 Å². The van der Waals surface area contributed by atoms with Crippen LogP contribution in [0.2, 0.25) is 0 Å². The van der Waals surface area contributed by atoms with Gasteiger partial charge in [0.05, 0.1) is 22.1 Å². The lowest BCUT2D eigenvalue weighted by Gasteiger charge is -2.12. The zero-order chi connectivity index (χ0) is 33.5. The first-order chi connectivity index (χ1) is 25.3. The summed E-state index contributed by atoms with van der Waals surface area (Å²) in [5, 5.41) is 7.71. The van der Waals surface area contributed by atoms with Crippen LogP contribution in [0.25, 0.3) is 97.4 Å². The molecule has 238 valence electrons. The topological polar surface area (TPSA) is 9.86 Å². The van der Waals surface area contributed by atoms with Crippen LogP contribution in [-0.2, 0) is 0 Å². The van der Waals surface area contributed by atoms with Crippen LogP contribution >= 0.6 is 11.3 Å². The van der Waals surface area contributed by atoms with Gasteiger partial charge in [0.25, 0.3) is 0 Å². The molecule has 11 aromatic rings. The molecule has 0 spiro atoms. The van der Waals surface area contributed by atoms with Gasteiger partial charge in [-0.15, -0.1) is 11.3 Å². The number of hydrogen-bond donors (Lipinski definition) is 0. The Labute approximate surface area is 298 Å². The summed E-state index contributed by atoms with van der Waals surface area (Å²) in [4.78, 5) is 0. The summed E-state index contributed by atoms with van der Waals surface area (Å²) >= 11 is 1.89. The van der Waals surface area contributed by atoms with E-state index in [2.05, 4.69) is 191 Å². The summed E-state index contributed by atoms with van der Waals surface area (Å²) in [6.45, 7) is 0. The minimum absolute atomic E-state index is 1.16. The lowest BCUT2D eigenvalue weighted by molar-refractivity contribution is 1.18. The van der Waals surface area contributed by atoms with Gasteiger partial charge in [-0.3, -0.25) is 0 Å². The summed E-state index contributed by atoms with van der Waals surface area (Å²) in [5.41, 5.74) is 12.2. The van der Waals surface area contributed by atoms with Crippen LogP contribution in [0.3, 0.4) is 0 Å². The highest BCUT2D eigenvalue weighted by atomic mass is 32.1. The lowest BCUT2D eigenvalue weighted by Crippen LogP contribution is -1.94. The third-order valence-corrected chi connectivity index (χ3v) is 11.6. The highest BCUT2D eigenvalue weighted by Gasteiger charge is 2.22. The van der Waals surface area contributed by atoms with Crippen LogP contribution in [0, 0.1) is 0 Å². The van der Waals surface area contributed by atoms with Crippen LogP contribution in [0.15, 0.2) is 182 Å². The van der Waals surface area contributed by atoms with E-state index in [-0.39, 0.29) is 0 Å². The number of rotatable bonds is 4. The molecule has 0 N–H and O–H groups in total. The molecule has 0 fully saturated rings. The molecule has 0 amide bonds. The molecule has 11 rings (SSSR count). The predicted molar refractivity (Wildman–Crippen MR) is 219 cm³/mol. The molecule has 0 aliphatic carbocycles. The van der Waals surface area contributed by atoms with Crippen LogP contribution in [-0.4, -0.2) is 9.13 Å². The molecule has 51 heavy (non-hydrogen) atoms. The monoisotopic (exact) mass is 666 g/mol. The van der Waals surface area contributed by atoms with E-state index in [0.717, 1.165) is 5.69 Å². The van der Waals surface area contributed by atoms with Gasteiger partial charge < -0.3 is 9.13 Å². The first-order valence-electron chi connectivity index (χ1n) is 17.4. The van der Waals surface area contributed by atoms with Gasteiger partial charge in [-0.1, -0.05) is 121 Å². The number of benzene rings is 8. The van der Waals surface area contributed by atoms with Gasteiger partial charge >= 0.3 is 0 Å². The van der Waals surface area contributed by atoms with Crippen molar-refractivity contribution in [2.24, 2.45) is 0 Å². The summed E-state index contributed by atoms with van der Waals surface area (Å²) < 4.78 is 7.52. The van der Waals surface area contributed by atoms with Crippen molar-refractivity contribution in [3.63, 3.8) is 0 Å². The SMILES string of the molecule is c1ccc(-c2ccc(-n3c4ccccc4c4cc(-c5cc6sc7ccccc7c6c6c5c5ccccc5n6-c5ccccc5)ccc43)cc2)cc1. The van der Waals surface area contributed by atoms with E-state index >= 15 is 0 Å². The zero-order valence-electron chi connectivity index (χ0n) is 27.6. The molecule has 3 aromatic heterocycles. The number of fused-ring (bicyclic) bond motifs is 10. The van der Waals surface area contributed by atoms with Gasteiger partial charge in [0.15, 0.2) is 0 Å². The Morgan fingerprint density at radius 1 is 0.333 bits per heavy atom. The van der Waals surface area contributed by atoms with Crippen molar-refractivity contribution >= 4 is 75.1 Å². The number of nitrogens with zero attached hydrogens (tertiary/aromatic N) is 2. The van der Waals surface area contributed by atoms with Gasteiger partial charge in [-0.25, -0.2) is 0 Å². The maximum absolute atomic E-state index is 2.49. The fourth-order valence-corrected chi connectivity index (χ4v) is 9.44. The van der Waals surface area contributed by atoms with Crippen molar-refractivity contribution < 1.29 is 0 Å². The van der Waals surface area contributed by atoms with Crippen LogP contribution in [0.4, 0.5) is 0 Å². The highest BCUT2D eigenvalue weighted by molar-refractivity contribution is 7.26. The maximum atomic E-state index is 2.49. The first kappa shape index (κ1) is 28.4. The second-order valence-electron chi connectivity index (χ2n) is 13.3. The fraction of sp³-hybridized carbons (Fsp3) is 0. The molecule has 0 atom stereocenters. The molecule has 0 unspecified atom stereocenters. The van der Waals surface area contributed by atoms with E-state index in [1.807, 2.05) is 11.3 Å². The van der Waals surface area contributed by atoms with Crippen LogP contribution < -0.4 is 0 Å². The maximum Gasteiger partial charge on any atom is 0.0640 e. The fourth-order valence-electron chi connectivity index (χ4n) is 8.29. The van der Waals surface area contributed by atoms with E-state index in [4.69, 9.17) is 0 Å². The van der Waals surface area contributed by atoms with E-state index in [0.29, 0.717) is 0 Å². The third-order valence-electron chi connectivity index (χ3n) is 10.5. The van der Waals surface area contributed by atoms with E-state index in [9.17, 15) is 0 Å². The Morgan fingerprint density at radius 2 is 0.902 bits per heavy atom. The van der Waals surface area contributed by atoms with Crippen LogP contribution in [0.5, 0.6) is 0 Å². The molecule has 3 heteroatoms. The molecule has 3 heterocycles. The summed E-state index contributed by atoms with van der Waals surface area (Å²) in [6.07, 6.45) is 0. The minimum Gasteiger partial charge on any atom is -0.309 e. The van der Waals surface area contributed by atoms with Crippen LogP contribution in [0.1, 0.15) is 0 Å². The van der Waals surface area contributed by atoms with Gasteiger partial charge in [0.2, 0.25) is 0 Å². The molecule has 0 radical (unpaired) electrons. The van der Waals surface area contributed by atoms with Gasteiger partial charge in [-0.2, -0.15) is 0 Å². The van der Waals surface area contributed by atoms with Crippen molar-refractivity contribution in [2.75, 3.05) is 0 Å². The molecule has 0 saturated carbocycles. The molecular weight excluding hydrogens is 637 g/mol. The Balaban J connectivity index is 1.20. The summed E-state index contributed by atoms with van der Waals surface area (Å²) in [6, 6.07) is 66.5. The summed E-state index contributed by atoms with van der Waals surface area (Å²) in [7, 11) is 0. The smallest absolute Gasteiger partial charge is 0.0640 e. The molecule has 0 aliphatic heterocycles. The normalized spacial score (nSPS) is 11.9. The number of aromatic nitrogens is 2. The van der Waals surface area contributed by atoms with E-state index in [1.165, 1.54) is 91.7 Å². The standard InChI is InChI=1S/C48H30N2S/c1-3-13-31(14-4-1)32-23-26-35(27-24-32)49-41-20-10-7-17-36(41)40-29-33(25-28-43(40)49)39-30-45-47(38-19-9-12-22-44(38)51-45)48-46(39)37-18-8-11-21-42(37)50(48)34-15-5-2-6-16-34/h1-30H. The summed E-state index contributed by atoms with van der Waals surface area (Å²) in [5.74, 6) is 0. The largest absolute Gasteiger partial charge is 0.309 e. The average Bonchev–Trinajstić information content (AvgIpc) is 3.86. The molecule has 0 bridgehead atoms. The van der Waals surface area contributed by atoms with Crippen molar-refractivity contribution in [1.29, 1.82) is 0 Å². The van der Waals surface area contributed by atoms with Gasteiger partial charge in [0, 0.05) is 53.1 Å². The highest BCUT2D eigenvalue weighted by Crippen LogP contribution is 2.48. The Bertz CT molecular complexity index is 3110. The second kappa shape index (κ2) is 11.0. The average molecular weight is 667 g/mol. The van der Waals surface area contributed by atoms with Crippen molar-refractivity contribution in [3.05, 3.63) is 182 Å². The van der Waals surface area contributed by atoms with Crippen molar-refractivity contribution in [3.8, 4) is 33.6 Å². The van der Waals surface area contributed by atoms with Crippen molar-refractivity contribution in [1.82, 2.24) is 9.13 Å². The number of thiophene rings is 1. The zero-order valence-corrected chi connectivity index (χ0v) is 28.4. The molecular formula is C48H30N2S. The van der Waals surface area contributed by atoms with E-state index < -0.39 is 0 Å². The van der Waals surface area contributed by atoms with Gasteiger partial charge in [0.1, 0.15) is 0 Å². The lowest BCUT2D eigenvalue weighted by atomic mass is 9.96. The van der Waals surface area contributed by atoms with Crippen molar-refractivity contribution in [2.45, 2.75) is 0 Å². The predicted octanol–water partition coefficient (Wildman–Crippen LogP) is 13.6.